The van der Waals surface area contributed by atoms with Gasteiger partial charge >= 0.3 is 11.9 Å². The Hall–Kier alpha value is -1.14. The minimum atomic E-state index is -0.161. The summed E-state index contributed by atoms with van der Waals surface area (Å²) in [6, 6.07) is 0. The summed E-state index contributed by atoms with van der Waals surface area (Å²) in [4.78, 5) is 25.5. The molecule has 0 amide bonds. The predicted molar refractivity (Wildman–Crippen MR) is 262 cm³/mol. The van der Waals surface area contributed by atoms with Crippen LogP contribution in [-0.4, -0.2) is 46.6 Å². The third-order valence-electron chi connectivity index (χ3n) is 13.0. The van der Waals surface area contributed by atoms with Crippen LogP contribution in [0.25, 0.3) is 0 Å². The van der Waals surface area contributed by atoms with Gasteiger partial charge in [-0.15, -0.1) is 0 Å². The van der Waals surface area contributed by atoms with E-state index in [-0.39, 0.29) is 36.4 Å². The summed E-state index contributed by atoms with van der Waals surface area (Å²) in [7, 11) is 0. The van der Waals surface area contributed by atoms with E-state index in [1.807, 2.05) is 6.92 Å². The number of unbranched alkanes of at least 4 members (excludes halogenated alkanes) is 30. The van der Waals surface area contributed by atoms with Gasteiger partial charge in [0, 0.05) is 12.8 Å². The van der Waals surface area contributed by atoms with Crippen molar-refractivity contribution in [1.82, 2.24) is 0 Å². The first-order valence-electron chi connectivity index (χ1n) is 27.6. The van der Waals surface area contributed by atoms with Crippen LogP contribution in [0.4, 0.5) is 0 Å². The Bertz CT molecular complexity index is 892. The predicted octanol–water partition coefficient (Wildman–Crippen LogP) is 17.2. The molecule has 61 heavy (non-hydrogen) atoms. The smallest absolute Gasteiger partial charge is 0.306 e. The molecule has 2 N–H and O–H groups in total. The maximum Gasteiger partial charge on any atom is 0.306 e. The van der Waals surface area contributed by atoms with Crippen molar-refractivity contribution in [3.63, 3.8) is 0 Å². The lowest BCUT2D eigenvalue weighted by atomic mass is 10.0. The van der Waals surface area contributed by atoms with E-state index in [1.165, 1.54) is 167 Å². The number of carbonyl (C=O) groups is 2. The van der Waals surface area contributed by atoms with E-state index in [0.29, 0.717) is 12.8 Å². The molecule has 6 heteroatoms. The fraction of sp³-hybridized carbons (Fsp3) is 0.964. The highest BCUT2D eigenvalue weighted by Gasteiger charge is 2.16. The van der Waals surface area contributed by atoms with Crippen LogP contribution >= 0.6 is 0 Å². The lowest BCUT2D eigenvalue weighted by Gasteiger charge is -2.18. The van der Waals surface area contributed by atoms with Crippen LogP contribution in [0, 0.1) is 0 Å². The largest absolute Gasteiger partial charge is 0.462 e. The fourth-order valence-electron chi connectivity index (χ4n) is 8.85. The van der Waals surface area contributed by atoms with Gasteiger partial charge in [0.25, 0.3) is 0 Å². The molecule has 0 saturated carbocycles. The zero-order valence-electron chi connectivity index (χ0n) is 41.7. The first kappa shape index (κ1) is 59.9. The molecular weight excluding hydrogens is 757 g/mol. The molecule has 0 rings (SSSR count). The van der Waals surface area contributed by atoms with Crippen molar-refractivity contribution in [2.24, 2.45) is 0 Å². The average molecular weight is 865 g/mol. The van der Waals surface area contributed by atoms with Gasteiger partial charge in [0.2, 0.25) is 0 Å². The SMILES string of the molecule is CCCCCCC(O)CCCCCCCCCCC(=O)OC(CCCCCC)CCCCCCCCCCC(=O)OC(CCCCCC)CCCCCCCCCCC(C)O. The highest BCUT2D eigenvalue weighted by atomic mass is 16.5. The third-order valence-corrected chi connectivity index (χ3v) is 13.0. The van der Waals surface area contributed by atoms with Gasteiger partial charge in [-0.2, -0.15) is 0 Å². The lowest BCUT2D eigenvalue weighted by molar-refractivity contribution is -0.151. The highest BCUT2D eigenvalue weighted by molar-refractivity contribution is 5.69. The van der Waals surface area contributed by atoms with E-state index in [4.69, 9.17) is 9.47 Å². The second-order valence-electron chi connectivity index (χ2n) is 19.4. The summed E-state index contributed by atoms with van der Waals surface area (Å²) >= 11 is 0. The van der Waals surface area contributed by atoms with Crippen molar-refractivity contribution in [3.05, 3.63) is 0 Å². The van der Waals surface area contributed by atoms with Crippen LogP contribution < -0.4 is 0 Å². The van der Waals surface area contributed by atoms with Crippen molar-refractivity contribution in [1.29, 1.82) is 0 Å². The van der Waals surface area contributed by atoms with Crippen LogP contribution in [0.1, 0.15) is 317 Å². The van der Waals surface area contributed by atoms with Gasteiger partial charge in [0.1, 0.15) is 12.2 Å². The summed E-state index contributed by atoms with van der Waals surface area (Å²) < 4.78 is 12.1. The summed E-state index contributed by atoms with van der Waals surface area (Å²) in [5.41, 5.74) is 0. The molecule has 4 atom stereocenters. The normalized spacial score (nSPS) is 13.6. The number of ether oxygens (including phenoxy) is 2. The molecule has 4 unspecified atom stereocenters. The Morgan fingerprint density at radius 3 is 0.836 bits per heavy atom. The molecule has 364 valence electrons. The van der Waals surface area contributed by atoms with Gasteiger partial charge in [0.15, 0.2) is 0 Å². The number of hydrogen-bond acceptors (Lipinski definition) is 6. The molecule has 0 aliphatic heterocycles. The summed E-state index contributed by atoms with van der Waals surface area (Å²) in [5, 5.41) is 19.6. The number of carbonyl (C=O) groups excluding carboxylic acids is 2. The van der Waals surface area contributed by atoms with E-state index in [1.54, 1.807) is 0 Å². The number of aliphatic hydroxyl groups is 2. The standard InChI is InChI=1S/C55H108O6/c1-5-8-11-33-42-51(57)43-34-27-21-15-18-24-30-39-48-54(58)61-53(45-36-13-10-7-3)47-38-29-23-17-19-25-31-40-49-55(59)60-52(44-35-12-9-6-2)46-37-28-22-16-14-20-26-32-41-50(4)56/h50-53,56-57H,5-49H2,1-4H3. The van der Waals surface area contributed by atoms with Crippen molar-refractivity contribution in [2.75, 3.05) is 0 Å². The minimum absolute atomic E-state index is 0.0125. The lowest BCUT2D eigenvalue weighted by Crippen LogP contribution is -2.18. The van der Waals surface area contributed by atoms with Crippen molar-refractivity contribution < 1.29 is 29.3 Å². The van der Waals surface area contributed by atoms with Crippen molar-refractivity contribution in [3.8, 4) is 0 Å². The van der Waals surface area contributed by atoms with E-state index in [9.17, 15) is 19.8 Å². The van der Waals surface area contributed by atoms with Crippen LogP contribution in [0.15, 0.2) is 0 Å². The molecule has 0 aromatic carbocycles. The first-order chi connectivity index (χ1) is 29.8. The Morgan fingerprint density at radius 1 is 0.328 bits per heavy atom. The quantitative estimate of drug-likeness (QED) is 0.0467. The molecule has 6 nitrogen and oxygen atoms in total. The average Bonchev–Trinajstić information content (AvgIpc) is 3.24. The number of aliphatic hydroxyl groups excluding tert-OH is 2. The maximum atomic E-state index is 12.8. The molecule has 0 radical (unpaired) electrons. The summed E-state index contributed by atoms with van der Waals surface area (Å²) in [6.45, 7) is 8.60. The minimum Gasteiger partial charge on any atom is -0.462 e. The summed E-state index contributed by atoms with van der Waals surface area (Å²) in [6.07, 6.45) is 51.3. The molecule has 0 saturated heterocycles. The molecule has 0 aliphatic rings. The Balaban J connectivity index is 4.10. The van der Waals surface area contributed by atoms with Gasteiger partial charge in [0.05, 0.1) is 12.2 Å². The molecular formula is C55H108O6. The van der Waals surface area contributed by atoms with E-state index in [0.717, 1.165) is 109 Å². The van der Waals surface area contributed by atoms with Gasteiger partial charge in [-0.1, -0.05) is 213 Å². The highest BCUT2D eigenvalue weighted by Crippen LogP contribution is 2.21. The zero-order chi connectivity index (χ0) is 44.7. The van der Waals surface area contributed by atoms with Gasteiger partial charge in [-0.3, -0.25) is 9.59 Å². The van der Waals surface area contributed by atoms with Gasteiger partial charge in [-0.05, 0) is 90.4 Å². The Kier molecular flexibility index (Phi) is 47.4. The van der Waals surface area contributed by atoms with Crippen molar-refractivity contribution >= 4 is 11.9 Å². The third kappa shape index (κ3) is 46.7. The topological polar surface area (TPSA) is 93.1 Å². The molecule has 0 aromatic rings. The van der Waals surface area contributed by atoms with Crippen LogP contribution in [-0.2, 0) is 19.1 Å². The molecule has 0 aromatic heterocycles. The van der Waals surface area contributed by atoms with Gasteiger partial charge in [-0.25, -0.2) is 0 Å². The monoisotopic (exact) mass is 865 g/mol. The molecule has 0 spiro atoms. The molecule has 0 aliphatic carbocycles. The first-order valence-corrected chi connectivity index (χ1v) is 27.6. The Morgan fingerprint density at radius 2 is 0.557 bits per heavy atom. The van der Waals surface area contributed by atoms with E-state index in [2.05, 4.69) is 20.8 Å². The van der Waals surface area contributed by atoms with Crippen LogP contribution in [0.5, 0.6) is 0 Å². The molecule has 0 bridgehead atoms. The maximum absolute atomic E-state index is 12.8. The Labute approximate surface area is 381 Å². The van der Waals surface area contributed by atoms with Crippen LogP contribution in [0.2, 0.25) is 0 Å². The van der Waals surface area contributed by atoms with E-state index < -0.39 is 0 Å². The molecule has 0 fully saturated rings. The number of rotatable bonds is 50. The number of esters is 2. The second-order valence-corrected chi connectivity index (χ2v) is 19.4. The van der Waals surface area contributed by atoms with E-state index >= 15 is 0 Å². The zero-order valence-corrected chi connectivity index (χ0v) is 41.7. The number of hydrogen-bond donors (Lipinski definition) is 2. The fourth-order valence-corrected chi connectivity index (χ4v) is 8.85. The van der Waals surface area contributed by atoms with Crippen LogP contribution in [0.3, 0.4) is 0 Å². The second kappa shape index (κ2) is 48.3. The van der Waals surface area contributed by atoms with Crippen molar-refractivity contribution in [2.45, 2.75) is 341 Å². The molecule has 0 heterocycles. The summed E-state index contributed by atoms with van der Waals surface area (Å²) in [5.74, 6) is 0.0271. The van der Waals surface area contributed by atoms with Gasteiger partial charge < -0.3 is 19.7 Å².